The van der Waals surface area contributed by atoms with Crippen molar-refractivity contribution in [1.82, 2.24) is 14.8 Å². The second-order valence-electron chi connectivity index (χ2n) is 8.10. The van der Waals surface area contributed by atoms with Crippen molar-refractivity contribution >= 4 is 17.5 Å². The highest BCUT2D eigenvalue weighted by molar-refractivity contribution is 6.06. The topological polar surface area (TPSA) is 103 Å². The minimum atomic E-state index is -0.624. The van der Waals surface area contributed by atoms with Crippen molar-refractivity contribution in [2.75, 3.05) is 24.9 Å². The SMILES string of the molecule is COc1cccc(-c2nc3n(n2)C(c2ccc(C)o2)C(C(=O)Nc2ccccc2OC)=C(C)N3)c1. The number of carbonyl (C=O) groups is 1. The molecular formula is C26H25N5O4. The molecule has 2 aromatic carbocycles. The zero-order chi connectivity index (χ0) is 24.5. The van der Waals surface area contributed by atoms with E-state index >= 15 is 0 Å². The van der Waals surface area contributed by atoms with E-state index in [4.69, 9.17) is 24.0 Å². The highest BCUT2D eigenvalue weighted by Gasteiger charge is 2.36. The van der Waals surface area contributed by atoms with Gasteiger partial charge in [0.1, 0.15) is 29.1 Å². The summed E-state index contributed by atoms with van der Waals surface area (Å²) < 4.78 is 18.4. The van der Waals surface area contributed by atoms with Crippen LogP contribution in [0.4, 0.5) is 11.6 Å². The summed E-state index contributed by atoms with van der Waals surface area (Å²) in [5.74, 6) is 3.28. The maximum Gasteiger partial charge on any atom is 0.256 e. The minimum Gasteiger partial charge on any atom is -0.497 e. The summed E-state index contributed by atoms with van der Waals surface area (Å²) in [6.07, 6.45) is 0. The standard InChI is InChI=1S/C26H25N5O4/c1-15-12-13-21(35-15)23-22(25(32)28-19-10-5-6-11-20(19)34-4)16(2)27-26-29-24(30-31(23)26)17-8-7-9-18(14-17)33-3/h5-14,23H,1-4H3,(H,28,32)(H,27,29,30). The summed E-state index contributed by atoms with van der Waals surface area (Å²) in [5.41, 5.74) is 2.46. The third-order valence-corrected chi connectivity index (χ3v) is 5.81. The predicted molar refractivity (Wildman–Crippen MR) is 132 cm³/mol. The van der Waals surface area contributed by atoms with Crippen LogP contribution in [-0.2, 0) is 4.79 Å². The van der Waals surface area contributed by atoms with Crippen molar-refractivity contribution in [3.8, 4) is 22.9 Å². The number of nitrogens with zero attached hydrogens (tertiary/aromatic N) is 3. The largest absolute Gasteiger partial charge is 0.497 e. The van der Waals surface area contributed by atoms with Gasteiger partial charge in [-0.25, -0.2) is 4.68 Å². The molecule has 1 unspecified atom stereocenters. The molecule has 0 radical (unpaired) electrons. The van der Waals surface area contributed by atoms with Crippen molar-refractivity contribution in [1.29, 1.82) is 0 Å². The van der Waals surface area contributed by atoms with Gasteiger partial charge in [-0.05, 0) is 50.2 Å². The van der Waals surface area contributed by atoms with Crippen LogP contribution >= 0.6 is 0 Å². The number of anilines is 2. The van der Waals surface area contributed by atoms with E-state index in [0.717, 1.165) is 11.3 Å². The fourth-order valence-corrected chi connectivity index (χ4v) is 4.13. The van der Waals surface area contributed by atoms with Gasteiger partial charge < -0.3 is 24.5 Å². The molecule has 0 spiro atoms. The van der Waals surface area contributed by atoms with Crippen LogP contribution in [0.15, 0.2) is 76.4 Å². The van der Waals surface area contributed by atoms with Crippen LogP contribution in [0.2, 0.25) is 0 Å². The zero-order valence-corrected chi connectivity index (χ0v) is 19.8. The molecule has 3 heterocycles. The predicted octanol–water partition coefficient (Wildman–Crippen LogP) is 4.79. The molecule has 2 aromatic heterocycles. The van der Waals surface area contributed by atoms with Crippen LogP contribution in [0.3, 0.4) is 0 Å². The number of rotatable bonds is 6. The Hall–Kier alpha value is -4.53. The van der Waals surface area contributed by atoms with Crippen LogP contribution in [0.1, 0.15) is 24.5 Å². The summed E-state index contributed by atoms with van der Waals surface area (Å²) in [7, 11) is 3.18. The summed E-state index contributed by atoms with van der Waals surface area (Å²) in [4.78, 5) is 18.3. The summed E-state index contributed by atoms with van der Waals surface area (Å²) in [6, 6.07) is 17.9. The number of nitrogens with one attached hydrogen (secondary N) is 2. The number of benzene rings is 2. The number of aryl methyl sites for hydroxylation is 1. The molecule has 1 amide bonds. The van der Waals surface area contributed by atoms with Crippen LogP contribution in [0.5, 0.6) is 11.5 Å². The lowest BCUT2D eigenvalue weighted by Gasteiger charge is -2.27. The normalized spacial score (nSPS) is 14.8. The molecule has 0 fully saturated rings. The average Bonchev–Trinajstić information content (AvgIpc) is 3.49. The first-order valence-corrected chi connectivity index (χ1v) is 11.1. The lowest BCUT2D eigenvalue weighted by molar-refractivity contribution is -0.113. The number of methoxy groups -OCH3 is 2. The Morgan fingerprint density at radius 2 is 1.89 bits per heavy atom. The third kappa shape index (κ3) is 4.12. The van der Waals surface area contributed by atoms with Crippen LogP contribution in [0.25, 0.3) is 11.4 Å². The molecule has 0 aliphatic carbocycles. The first-order valence-electron chi connectivity index (χ1n) is 11.1. The van der Waals surface area contributed by atoms with Crippen LogP contribution < -0.4 is 20.1 Å². The highest BCUT2D eigenvalue weighted by atomic mass is 16.5. The maximum atomic E-state index is 13.6. The van der Waals surface area contributed by atoms with Gasteiger partial charge in [0.05, 0.1) is 25.5 Å². The monoisotopic (exact) mass is 471 g/mol. The van der Waals surface area contributed by atoms with E-state index in [1.54, 1.807) is 31.0 Å². The molecule has 1 aliphatic heterocycles. The second-order valence-corrected chi connectivity index (χ2v) is 8.10. The Morgan fingerprint density at radius 1 is 1.06 bits per heavy atom. The molecule has 1 atom stereocenters. The first kappa shape index (κ1) is 22.3. The number of hydrogen-bond donors (Lipinski definition) is 2. The molecule has 35 heavy (non-hydrogen) atoms. The van der Waals surface area contributed by atoms with Crippen LogP contribution in [0, 0.1) is 6.92 Å². The number of para-hydroxylation sites is 2. The lowest BCUT2D eigenvalue weighted by atomic mass is 10.00. The quantitative estimate of drug-likeness (QED) is 0.417. The smallest absolute Gasteiger partial charge is 0.256 e. The molecule has 178 valence electrons. The van der Waals surface area contributed by atoms with Gasteiger partial charge >= 0.3 is 0 Å². The van der Waals surface area contributed by atoms with Gasteiger partial charge in [0, 0.05) is 11.3 Å². The molecule has 2 N–H and O–H groups in total. The number of amides is 1. The third-order valence-electron chi connectivity index (χ3n) is 5.81. The van der Waals surface area contributed by atoms with Gasteiger partial charge in [-0.15, -0.1) is 5.10 Å². The zero-order valence-electron chi connectivity index (χ0n) is 19.8. The van der Waals surface area contributed by atoms with Crippen LogP contribution in [-0.4, -0.2) is 34.9 Å². The Morgan fingerprint density at radius 3 is 2.63 bits per heavy atom. The Bertz CT molecular complexity index is 1440. The van der Waals surface area contributed by atoms with E-state index in [0.29, 0.717) is 46.0 Å². The van der Waals surface area contributed by atoms with Gasteiger partial charge in [0.25, 0.3) is 5.91 Å². The molecule has 9 heteroatoms. The molecule has 0 saturated heterocycles. The lowest BCUT2D eigenvalue weighted by Crippen LogP contribution is -2.31. The highest BCUT2D eigenvalue weighted by Crippen LogP contribution is 2.38. The summed E-state index contributed by atoms with van der Waals surface area (Å²) >= 11 is 0. The van der Waals surface area contributed by atoms with Crippen molar-refractivity contribution in [3.63, 3.8) is 0 Å². The van der Waals surface area contributed by atoms with Gasteiger partial charge in [-0.2, -0.15) is 4.98 Å². The van der Waals surface area contributed by atoms with Gasteiger partial charge in [0.15, 0.2) is 5.82 Å². The molecular weight excluding hydrogens is 446 g/mol. The molecule has 0 saturated carbocycles. The van der Waals surface area contributed by atoms with E-state index in [9.17, 15) is 4.79 Å². The Kier molecular flexibility index (Phi) is 5.74. The molecule has 9 nitrogen and oxygen atoms in total. The summed E-state index contributed by atoms with van der Waals surface area (Å²) in [5, 5.41) is 11.0. The number of hydrogen-bond acceptors (Lipinski definition) is 7. The molecule has 0 bridgehead atoms. The van der Waals surface area contributed by atoms with E-state index in [1.807, 2.05) is 62.4 Å². The van der Waals surface area contributed by atoms with E-state index in [-0.39, 0.29) is 5.91 Å². The number of furan rings is 1. The molecule has 4 aromatic rings. The first-order chi connectivity index (χ1) is 17.0. The van der Waals surface area contributed by atoms with Crippen molar-refractivity contribution < 1.29 is 18.7 Å². The number of fused-ring (bicyclic) bond motifs is 1. The number of allylic oxidation sites excluding steroid dienone is 1. The van der Waals surface area contributed by atoms with Crippen molar-refractivity contribution in [2.24, 2.45) is 0 Å². The fraction of sp³-hybridized carbons (Fsp3) is 0.192. The molecule has 1 aliphatic rings. The maximum absolute atomic E-state index is 13.6. The van der Waals surface area contributed by atoms with Crippen molar-refractivity contribution in [3.05, 3.63) is 83.5 Å². The number of ether oxygens (including phenoxy) is 2. The van der Waals surface area contributed by atoms with E-state index < -0.39 is 6.04 Å². The second kappa shape index (κ2) is 9.02. The fourth-order valence-electron chi connectivity index (χ4n) is 4.13. The number of aromatic nitrogens is 3. The van der Waals surface area contributed by atoms with E-state index in [1.165, 1.54) is 0 Å². The molecule has 5 rings (SSSR count). The Labute approximate surface area is 202 Å². The van der Waals surface area contributed by atoms with Crippen molar-refractivity contribution in [2.45, 2.75) is 19.9 Å². The summed E-state index contributed by atoms with van der Waals surface area (Å²) in [6.45, 7) is 3.70. The number of carbonyl (C=O) groups excluding carboxylic acids is 1. The minimum absolute atomic E-state index is 0.303. The van der Waals surface area contributed by atoms with Gasteiger partial charge in [-0.1, -0.05) is 24.3 Å². The van der Waals surface area contributed by atoms with E-state index in [2.05, 4.69) is 10.6 Å². The Balaban J connectivity index is 1.58. The van der Waals surface area contributed by atoms with Gasteiger partial charge in [-0.3, -0.25) is 4.79 Å². The van der Waals surface area contributed by atoms with Gasteiger partial charge in [0.2, 0.25) is 5.95 Å². The average molecular weight is 472 g/mol.